The highest BCUT2D eigenvalue weighted by molar-refractivity contribution is 5.82. The summed E-state index contributed by atoms with van der Waals surface area (Å²) in [5.74, 6) is 0.294. The minimum atomic E-state index is 0.0509. The van der Waals surface area contributed by atoms with Crippen LogP contribution in [0.5, 0.6) is 0 Å². The second kappa shape index (κ2) is 10.8. The molecule has 0 unspecified atom stereocenters. The van der Waals surface area contributed by atoms with E-state index in [9.17, 15) is 4.79 Å². The van der Waals surface area contributed by atoms with E-state index in [4.69, 9.17) is 4.74 Å². The first-order valence-corrected chi connectivity index (χ1v) is 12.0. The second-order valence-corrected chi connectivity index (χ2v) is 12.2. The van der Waals surface area contributed by atoms with E-state index in [0.29, 0.717) is 29.2 Å². The van der Waals surface area contributed by atoms with Gasteiger partial charge in [0.05, 0.1) is 12.2 Å². The quantitative estimate of drug-likeness (QED) is 0.596. The Morgan fingerprint density at radius 1 is 0.767 bits per heavy atom. The summed E-state index contributed by atoms with van der Waals surface area (Å²) in [5.41, 5.74) is 0.780. The van der Waals surface area contributed by atoms with E-state index < -0.39 is 0 Å². The molecule has 3 rings (SSSR count). The van der Waals surface area contributed by atoms with E-state index in [1.807, 2.05) is 4.90 Å². The molecule has 0 aromatic rings. The minimum Gasteiger partial charge on any atom is -0.373 e. The largest absolute Gasteiger partial charge is 0.373 e. The lowest BCUT2D eigenvalue weighted by molar-refractivity contribution is -0.146. The van der Waals surface area contributed by atoms with Gasteiger partial charge in [-0.1, -0.05) is 0 Å². The first-order chi connectivity index (χ1) is 13.5. The maximum absolute atomic E-state index is 10.8. The minimum absolute atomic E-state index is 0.0509. The summed E-state index contributed by atoms with van der Waals surface area (Å²) < 4.78 is 5.67. The van der Waals surface area contributed by atoms with Crippen molar-refractivity contribution in [2.24, 2.45) is 0 Å². The summed E-state index contributed by atoms with van der Waals surface area (Å²) in [6.07, 6.45) is 4.40. The number of hydrogen-bond donors (Lipinski definition) is 0. The number of β-lactam (4-membered cyclic amide) rings is 1. The lowest BCUT2D eigenvalue weighted by Gasteiger charge is -2.47. The molecule has 0 N–H and O–H groups in total. The normalized spacial score (nSPS) is 21.5. The summed E-state index contributed by atoms with van der Waals surface area (Å²) in [4.78, 5) is 17.7. The van der Waals surface area contributed by atoms with Crippen LogP contribution in [0.4, 0.5) is 0 Å². The third kappa shape index (κ3) is 9.23. The van der Waals surface area contributed by atoms with Crippen molar-refractivity contribution in [2.45, 2.75) is 124 Å². The fraction of sp³-hybridized carbons (Fsp3) is 0.960. The number of carbonyl (C=O) groups is 1. The maximum atomic E-state index is 10.8. The summed E-state index contributed by atoms with van der Waals surface area (Å²) in [5, 5.41) is 0. The number of hydrogen-bond acceptors (Lipinski definition) is 4. The van der Waals surface area contributed by atoms with E-state index in [1.165, 1.54) is 25.9 Å². The molecule has 0 radical (unpaired) electrons. The first-order valence-electron chi connectivity index (χ1n) is 12.0. The van der Waals surface area contributed by atoms with Crippen LogP contribution in [-0.2, 0) is 9.53 Å². The third-order valence-electron chi connectivity index (χ3n) is 5.98. The van der Waals surface area contributed by atoms with E-state index in [-0.39, 0.29) is 5.54 Å². The molecule has 1 amide bonds. The molecule has 3 aliphatic heterocycles. The molecule has 3 heterocycles. The molecule has 5 nitrogen and oxygen atoms in total. The lowest BCUT2D eigenvalue weighted by Crippen LogP contribution is -2.60. The Morgan fingerprint density at radius 2 is 1.23 bits per heavy atom. The highest BCUT2D eigenvalue weighted by Crippen LogP contribution is 2.23. The summed E-state index contributed by atoms with van der Waals surface area (Å²) >= 11 is 0. The number of likely N-dealkylation sites (tertiary alicyclic amines) is 3. The predicted molar refractivity (Wildman–Crippen MR) is 128 cm³/mol. The van der Waals surface area contributed by atoms with Crippen LogP contribution < -0.4 is 0 Å². The molecular formula is C25H51N3O2. The third-order valence-corrected chi connectivity index (χ3v) is 5.98. The van der Waals surface area contributed by atoms with Crippen LogP contribution >= 0.6 is 0 Å². The van der Waals surface area contributed by atoms with E-state index in [2.05, 4.69) is 86.0 Å². The molecule has 0 aromatic carbocycles. The zero-order chi connectivity index (χ0) is 23.3. The number of ether oxygens (including phenoxy) is 1. The van der Waals surface area contributed by atoms with Gasteiger partial charge in [-0.05, 0) is 102 Å². The Bertz CT molecular complexity index is 514. The standard InChI is InChI=1S/C10H21NO.C8H17N.C7H13NO/c1-8(2)12-9-6-11(7-9)10(3,4)5;1-8(2,3)9-6-4-5-7-9;1-7(2,3)8-5-4-6(8)9/h8-9H,6-7H2,1-5H3;4-7H2,1-3H3;4-5H2,1-3H3. The van der Waals surface area contributed by atoms with Gasteiger partial charge in [0.1, 0.15) is 0 Å². The van der Waals surface area contributed by atoms with Crippen LogP contribution in [0.1, 0.15) is 95.4 Å². The predicted octanol–water partition coefficient (Wildman–Crippen LogP) is 4.79. The van der Waals surface area contributed by atoms with Crippen LogP contribution in [0.25, 0.3) is 0 Å². The van der Waals surface area contributed by atoms with Gasteiger partial charge in [-0.2, -0.15) is 0 Å². The molecular weight excluding hydrogens is 374 g/mol. The zero-order valence-electron chi connectivity index (χ0n) is 22.0. The van der Waals surface area contributed by atoms with Crippen molar-refractivity contribution in [1.29, 1.82) is 0 Å². The van der Waals surface area contributed by atoms with Crippen molar-refractivity contribution in [3.8, 4) is 0 Å². The smallest absolute Gasteiger partial charge is 0.224 e. The van der Waals surface area contributed by atoms with Crippen molar-refractivity contribution in [3.63, 3.8) is 0 Å². The Balaban J connectivity index is 0.000000229. The monoisotopic (exact) mass is 425 g/mol. The Kier molecular flexibility index (Phi) is 9.84. The molecule has 3 aliphatic rings. The van der Waals surface area contributed by atoms with Crippen LogP contribution in [0, 0.1) is 0 Å². The molecule has 30 heavy (non-hydrogen) atoms. The molecule has 178 valence electrons. The fourth-order valence-electron chi connectivity index (χ4n) is 3.87. The van der Waals surface area contributed by atoms with Crippen molar-refractivity contribution in [3.05, 3.63) is 0 Å². The molecule has 0 aliphatic carbocycles. The fourth-order valence-corrected chi connectivity index (χ4v) is 3.87. The summed E-state index contributed by atoms with van der Waals surface area (Å²) in [6, 6.07) is 0. The van der Waals surface area contributed by atoms with Gasteiger partial charge >= 0.3 is 0 Å². The molecule has 0 saturated carbocycles. The van der Waals surface area contributed by atoms with Gasteiger partial charge < -0.3 is 9.64 Å². The number of carbonyl (C=O) groups excluding carboxylic acids is 1. The molecule has 0 bridgehead atoms. The molecule has 5 heteroatoms. The van der Waals surface area contributed by atoms with Gasteiger partial charge in [0, 0.05) is 42.7 Å². The lowest BCUT2D eigenvalue weighted by atomic mass is 9.99. The molecule has 3 saturated heterocycles. The molecule has 0 aromatic heterocycles. The van der Waals surface area contributed by atoms with Gasteiger partial charge in [0.15, 0.2) is 0 Å². The number of nitrogens with zero attached hydrogens (tertiary/aromatic N) is 3. The average molecular weight is 426 g/mol. The van der Waals surface area contributed by atoms with Crippen molar-refractivity contribution < 1.29 is 9.53 Å². The van der Waals surface area contributed by atoms with Crippen LogP contribution in [0.3, 0.4) is 0 Å². The first kappa shape index (κ1) is 27.4. The zero-order valence-corrected chi connectivity index (χ0v) is 22.0. The van der Waals surface area contributed by atoms with Crippen LogP contribution in [0.15, 0.2) is 0 Å². The van der Waals surface area contributed by atoms with Crippen LogP contribution in [-0.4, -0.2) is 82.2 Å². The Labute approximate surface area is 187 Å². The SMILES string of the molecule is CC(C)(C)N1CCC1=O.CC(C)(C)N1CCCC1.CC(C)OC1CN(C(C)(C)C)C1. The van der Waals surface area contributed by atoms with Crippen LogP contribution in [0.2, 0.25) is 0 Å². The second-order valence-electron chi connectivity index (χ2n) is 12.2. The van der Waals surface area contributed by atoms with E-state index in [0.717, 1.165) is 26.1 Å². The topological polar surface area (TPSA) is 36.0 Å². The van der Waals surface area contributed by atoms with Gasteiger partial charge in [-0.25, -0.2) is 0 Å². The molecule has 0 spiro atoms. The highest BCUT2D eigenvalue weighted by Gasteiger charge is 2.35. The average Bonchev–Trinajstić information content (AvgIpc) is 3.01. The van der Waals surface area contributed by atoms with Gasteiger partial charge in [0.25, 0.3) is 0 Å². The summed E-state index contributed by atoms with van der Waals surface area (Å²) in [6.45, 7) is 29.8. The number of amides is 1. The highest BCUT2D eigenvalue weighted by atomic mass is 16.5. The Hall–Kier alpha value is -0.650. The molecule has 3 fully saturated rings. The number of rotatable bonds is 2. The summed E-state index contributed by atoms with van der Waals surface area (Å²) in [7, 11) is 0. The Morgan fingerprint density at radius 3 is 1.43 bits per heavy atom. The van der Waals surface area contributed by atoms with Crippen molar-refractivity contribution in [2.75, 3.05) is 32.7 Å². The van der Waals surface area contributed by atoms with E-state index in [1.54, 1.807) is 0 Å². The van der Waals surface area contributed by atoms with Gasteiger partial charge in [0.2, 0.25) is 5.91 Å². The maximum Gasteiger partial charge on any atom is 0.224 e. The van der Waals surface area contributed by atoms with Gasteiger partial charge in [-0.3, -0.25) is 14.6 Å². The van der Waals surface area contributed by atoms with E-state index >= 15 is 0 Å². The van der Waals surface area contributed by atoms with Crippen molar-refractivity contribution >= 4 is 5.91 Å². The van der Waals surface area contributed by atoms with Gasteiger partial charge in [-0.15, -0.1) is 0 Å². The van der Waals surface area contributed by atoms with Crippen molar-refractivity contribution in [1.82, 2.24) is 14.7 Å². The molecule has 0 atom stereocenters.